The highest BCUT2D eigenvalue weighted by Crippen LogP contribution is 2.53. The number of imide groups is 1. The second-order valence-corrected chi connectivity index (χ2v) is 5.85. The molecule has 4 atom stereocenters. The molecule has 2 bridgehead atoms. The van der Waals surface area contributed by atoms with E-state index in [9.17, 15) is 9.59 Å². The van der Waals surface area contributed by atoms with E-state index in [0.717, 1.165) is 17.7 Å². The van der Waals surface area contributed by atoms with Gasteiger partial charge in [0.05, 0.1) is 17.5 Å². The minimum atomic E-state index is -0.108. The molecule has 1 aliphatic heterocycles. The summed E-state index contributed by atoms with van der Waals surface area (Å²) >= 11 is 0. The van der Waals surface area contributed by atoms with Crippen LogP contribution < -0.4 is 4.90 Å². The fraction of sp³-hybridized carbons (Fsp3) is 0.375. The first kappa shape index (κ1) is 11.0. The highest BCUT2D eigenvalue weighted by molar-refractivity contribution is 6.22. The number of aryl methyl sites for hydroxylation is 1. The Kier molecular flexibility index (Phi) is 2.06. The summed E-state index contributed by atoms with van der Waals surface area (Å²) in [5, 5.41) is 0. The van der Waals surface area contributed by atoms with Gasteiger partial charge in [0.2, 0.25) is 11.8 Å². The van der Waals surface area contributed by atoms with Crippen LogP contribution in [0, 0.1) is 30.6 Å². The number of allylic oxidation sites excluding steroid dienone is 2. The Morgan fingerprint density at radius 2 is 1.47 bits per heavy atom. The first-order valence-corrected chi connectivity index (χ1v) is 6.79. The van der Waals surface area contributed by atoms with Gasteiger partial charge in [-0.05, 0) is 37.3 Å². The number of hydrogen-bond acceptors (Lipinski definition) is 2. The van der Waals surface area contributed by atoms with E-state index in [1.807, 2.05) is 31.2 Å². The Morgan fingerprint density at radius 3 is 2.00 bits per heavy atom. The molecule has 96 valence electrons. The lowest BCUT2D eigenvalue weighted by molar-refractivity contribution is -0.123. The number of rotatable bonds is 1. The Bertz CT molecular complexity index is 572. The molecule has 0 unspecified atom stereocenters. The standard InChI is InChI=1S/C16H15NO2/c1-9-2-6-12(7-3-9)17-15(18)13-10-4-5-11(8-10)14(13)16(17)19/h2-7,10-11,13-14H,8H2,1H3/t10-,11-,13-,14-/m0/s1. The van der Waals surface area contributed by atoms with Crippen molar-refractivity contribution in [2.75, 3.05) is 4.90 Å². The lowest BCUT2D eigenvalue weighted by Gasteiger charge is -2.17. The van der Waals surface area contributed by atoms with E-state index in [2.05, 4.69) is 12.2 Å². The van der Waals surface area contributed by atoms with Crippen LogP contribution in [-0.2, 0) is 9.59 Å². The molecular formula is C16H15NO2. The van der Waals surface area contributed by atoms with E-state index >= 15 is 0 Å². The lowest BCUT2D eigenvalue weighted by Crippen LogP contribution is -2.32. The monoisotopic (exact) mass is 253 g/mol. The van der Waals surface area contributed by atoms with Gasteiger partial charge in [-0.15, -0.1) is 0 Å². The molecule has 3 aliphatic rings. The van der Waals surface area contributed by atoms with Gasteiger partial charge in [0.1, 0.15) is 0 Å². The first-order valence-electron chi connectivity index (χ1n) is 6.79. The van der Waals surface area contributed by atoms with E-state index in [0.29, 0.717) is 0 Å². The zero-order chi connectivity index (χ0) is 13.1. The lowest BCUT2D eigenvalue weighted by atomic mass is 9.85. The molecular weight excluding hydrogens is 238 g/mol. The number of carbonyl (C=O) groups is 2. The van der Waals surface area contributed by atoms with Gasteiger partial charge in [0.25, 0.3) is 0 Å². The smallest absolute Gasteiger partial charge is 0.238 e. The molecule has 2 fully saturated rings. The summed E-state index contributed by atoms with van der Waals surface area (Å²) in [7, 11) is 0. The maximum atomic E-state index is 12.5. The zero-order valence-electron chi connectivity index (χ0n) is 10.7. The Morgan fingerprint density at radius 1 is 0.947 bits per heavy atom. The molecule has 3 nitrogen and oxygen atoms in total. The fourth-order valence-corrected chi connectivity index (χ4v) is 3.85. The number of carbonyl (C=O) groups excluding carboxylic acids is 2. The van der Waals surface area contributed by atoms with Gasteiger partial charge in [-0.2, -0.15) is 0 Å². The van der Waals surface area contributed by atoms with Crippen molar-refractivity contribution >= 4 is 17.5 Å². The van der Waals surface area contributed by atoms with Crippen molar-refractivity contribution in [3.63, 3.8) is 0 Å². The van der Waals surface area contributed by atoms with Crippen LogP contribution >= 0.6 is 0 Å². The molecule has 1 saturated carbocycles. The normalized spacial score (nSPS) is 35.3. The number of amides is 2. The van der Waals surface area contributed by atoms with Gasteiger partial charge >= 0.3 is 0 Å². The van der Waals surface area contributed by atoms with Crippen LogP contribution in [0.4, 0.5) is 5.69 Å². The summed E-state index contributed by atoms with van der Waals surface area (Å²) in [4.78, 5) is 26.5. The maximum absolute atomic E-state index is 12.5. The topological polar surface area (TPSA) is 37.4 Å². The Balaban J connectivity index is 1.74. The molecule has 2 amide bonds. The molecule has 1 heterocycles. The molecule has 0 spiro atoms. The molecule has 2 aliphatic carbocycles. The van der Waals surface area contributed by atoms with Crippen molar-refractivity contribution < 1.29 is 9.59 Å². The highest BCUT2D eigenvalue weighted by Gasteiger charge is 2.59. The largest absolute Gasteiger partial charge is 0.274 e. The predicted molar refractivity (Wildman–Crippen MR) is 71.4 cm³/mol. The number of nitrogens with zero attached hydrogens (tertiary/aromatic N) is 1. The van der Waals surface area contributed by atoms with Gasteiger partial charge < -0.3 is 0 Å². The minimum absolute atomic E-state index is 0.00398. The molecule has 3 heteroatoms. The van der Waals surface area contributed by atoms with E-state index in [-0.39, 0.29) is 35.5 Å². The molecule has 1 saturated heterocycles. The summed E-state index contributed by atoms with van der Waals surface area (Å²) in [6, 6.07) is 7.61. The molecule has 1 aromatic carbocycles. The van der Waals surface area contributed by atoms with Crippen molar-refractivity contribution in [1.29, 1.82) is 0 Å². The van der Waals surface area contributed by atoms with E-state index in [4.69, 9.17) is 0 Å². The number of fused-ring (bicyclic) bond motifs is 5. The number of anilines is 1. The van der Waals surface area contributed by atoms with Crippen molar-refractivity contribution in [3.05, 3.63) is 42.0 Å². The number of hydrogen-bond donors (Lipinski definition) is 0. The van der Waals surface area contributed by atoms with Gasteiger partial charge in [0, 0.05) is 0 Å². The second-order valence-electron chi connectivity index (χ2n) is 5.85. The molecule has 4 rings (SSSR count). The van der Waals surface area contributed by atoms with Crippen molar-refractivity contribution in [3.8, 4) is 0 Å². The molecule has 19 heavy (non-hydrogen) atoms. The third-order valence-electron chi connectivity index (χ3n) is 4.76. The fourth-order valence-electron chi connectivity index (χ4n) is 3.85. The summed E-state index contributed by atoms with van der Waals surface area (Å²) < 4.78 is 0. The molecule has 0 radical (unpaired) electrons. The molecule has 0 aromatic heterocycles. The highest BCUT2D eigenvalue weighted by atomic mass is 16.2. The van der Waals surface area contributed by atoms with Crippen LogP contribution in [0.25, 0.3) is 0 Å². The van der Waals surface area contributed by atoms with Crippen LogP contribution in [0.5, 0.6) is 0 Å². The van der Waals surface area contributed by atoms with Crippen LogP contribution in [-0.4, -0.2) is 11.8 Å². The average molecular weight is 253 g/mol. The van der Waals surface area contributed by atoms with Crippen LogP contribution in [0.2, 0.25) is 0 Å². The quantitative estimate of drug-likeness (QED) is 0.569. The molecule has 0 N–H and O–H groups in total. The van der Waals surface area contributed by atoms with Crippen LogP contribution in [0.3, 0.4) is 0 Å². The molecule has 1 aromatic rings. The zero-order valence-corrected chi connectivity index (χ0v) is 10.7. The summed E-state index contributed by atoms with van der Waals surface area (Å²) in [5.41, 5.74) is 1.85. The average Bonchev–Trinajstić information content (AvgIpc) is 3.06. The van der Waals surface area contributed by atoms with Gasteiger partial charge in [-0.25, -0.2) is 0 Å². The van der Waals surface area contributed by atoms with Crippen molar-refractivity contribution in [1.82, 2.24) is 0 Å². The van der Waals surface area contributed by atoms with E-state index in [1.165, 1.54) is 4.90 Å². The van der Waals surface area contributed by atoms with Crippen LogP contribution in [0.15, 0.2) is 36.4 Å². The SMILES string of the molecule is Cc1ccc(N2C(=O)[C@@H]3[C@@H](C2=O)[C@H]2C=C[C@H]3C2)cc1. The summed E-state index contributed by atoms with van der Waals surface area (Å²) in [6.45, 7) is 2.00. The van der Waals surface area contributed by atoms with Crippen LogP contribution in [0.1, 0.15) is 12.0 Å². The third-order valence-corrected chi connectivity index (χ3v) is 4.76. The summed E-state index contributed by atoms with van der Waals surface area (Å²) in [6.07, 6.45) is 5.22. The minimum Gasteiger partial charge on any atom is -0.274 e. The number of benzene rings is 1. The third kappa shape index (κ3) is 1.33. The Hall–Kier alpha value is -1.90. The predicted octanol–water partition coefficient (Wildman–Crippen LogP) is 2.31. The van der Waals surface area contributed by atoms with Crippen molar-refractivity contribution in [2.45, 2.75) is 13.3 Å². The van der Waals surface area contributed by atoms with Gasteiger partial charge in [-0.1, -0.05) is 29.8 Å². The van der Waals surface area contributed by atoms with Gasteiger partial charge in [0.15, 0.2) is 0 Å². The van der Waals surface area contributed by atoms with Crippen molar-refractivity contribution in [2.24, 2.45) is 23.7 Å². The Labute approximate surface area is 111 Å². The van der Waals surface area contributed by atoms with Gasteiger partial charge in [-0.3, -0.25) is 14.5 Å². The maximum Gasteiger partial charge on any atom is 0.238 e. The second kappa shape index (κ2) is 3.56. The summed E-state index contributed by atoms with van der Waals surface area (Å²) in [5.74, 6) is 0.336. The first-order chi connectivity index (χ1) is 9.16. The van der Waals surface area contributed by atoms with E-state index in [1.54, 1.807) is 0 Å². The van der Waals surface area contributed by atoms with E-state index < -0.39 is 0 Å².